The number of ether oxygens (including phenoxy) is 2. The Labute approximate surface area is 151 Å². The van der Waals surface area contributed by atoms with E-state index < -0.39 is 17.6 Å². The molecule has 2 aliphatic rings. The number of Topliss-reactive ketones (excluding diaryl/α,β-unsaturated/α-hetero) is 1. The molecule has 1 fully saturated rings. The van der Waals surface area contributed by atoms with Crippen LogP contribution in [0, 0.1) is 0 Å². The van der Waals surface area contributed by atoms with Crippen LogP contribution in [0.5, 0.6) is 11.5 Å². The van der Waals surface area contributed by atoms with Crippen molar-refractivity contribution in [2.24, 2.45) is 0 Å². The van der Waals surface area contributed by atoms with Gasteiger partial charge in [-0.3, -0.25) is 9.59 Å². The van der Waals surface area contributed by atoms with Crippen LogP contribution < -0.4 is 4.74 Å². The molecule has 2 aliphatic heterocycles. The highest BCUT2D eigenvalue weighted by Gasteiger charge is 2.34. The van der Waals surface area contributed by atoms with Gasteiger partial charge in [0, 0.05) is 26.2 Å². The summed E-state index contributed by atoms with van der Waals surface area (Å²) in [7, 11) is 0. The topological polar surface area (TPSA) is 96.4 Å². The van der Waals surface area contributed by atoms with Crippen molar-refractivity contribution in [2.75, 3.05) is 32.8 Å². The predicted molar refractivity (Wildman–Crippen MR) is 91.6 cm³/mol. The Morgan fingerprint density at radius 1 is 1.12 bits per heavy atom. The Morgan fingerprint density at radius 3 is 2.35 bits per heavy atom. The van der Waals surface area contributed by atoms with Gasteiger partial charge in [-0.1, -0.05) is 0 Å². The van der Waals surface area contributed by atoms with Crippen molar-refractivity contribution in [3.05, 3.63) is 23.3 Å². The molecule has 0 aliphatic carbocycles. The Balaban J connectivity index is 1.71. The van der Waals surface area contributed by atoms with Crippen LogP contribution >= 0.6 is 0 Å². The molecule has 8 nitrogen and oxygen atoms in total. The minimum absolute atomic E-state index is 0.000863. The Hall–Kier alpha value is -2.77. The summed E-state index contributed by atoms with van der Waals surface area (Å²) in [6, 6.07) is 2.78. The van der Waals surface area contributed by atoms with Crippen LogP contribution in [0.15, 0.2) is 12.1 Å². The monoisotopic (exact) mass is 362 g/mol. The average molecular weight is 362 g/mol. The summed E-state index contributed by atoms with van der Waals surface area (Å²) in [5.41, 5.74) is -0.276. The molecule has 1 N–H and O–H groups in total. The molecule has 140 valence electrons. The van der Waals surface area contributed by atoms with E-state index in [-0.39, 0.29) is 29.5 Å². The zero-order chi connectivity index (χ0) is 19.1. The zero-order valence-electron chi connectivity index (χ0n) is 15.1. The predicted octanol–water partition coefficient (Wildman–Crippen LogP) is 1.66. The number of ketones is 1. The molecule has 0 unspecified atom stereocenters. The summed E-state index contributed by atoms with van der Waals surface area (Å²) in [6.07, 6.45) is -0.415. The number of carbonyl (C=O) groups excluding carboxylic acids is 3. The molecule has 1 aromatic carbocycles. The number of benzene rings is 1. The normalized spacial score (nSPS) is 17.0. The van der Waals surface area contributed by atoms with Gasteiger partial charge in [0.25, 0.3) is 5.91 Å². The van der Waals surface area contributed by atoms with E-state index >= 15 is 0 Å². The third kappa shape index (κ3) is 3.44. The molecule has 0 radical (unpaired) electrons. The standard InChI is InChI=1S/C18H22N2O6/c1-18(2,3)26-17(24)20-8-6-19(7-9-20)16(23)14-12(21)5-4-11-13(22)10-25-15(11)14/h4-5,21H,6-10H2,1-3H3. The largest absolute Gasteiger partial charge is 0.507 e. The van der Waals surface area contributed by atoms with Crippen LogP contribution in [0.1, 0.15) is 41.5 Å². The second-order valence-electron chi connectivity index (χ2n) is 7.31. The molecule has 0 atom stereocenters. The zero-order valence-corrected chi connectivity index (χ0v) is 15.1. The van der Waals surface area contributed by atoms with E-state index in [2.05, 4.69) is 0 Å². The van der Waals surface area contributed by atoms with E-state index in [1.54, 1.807) is 25.7 Å². The van der Waals surface area contributed by atoms with E-state index in [9.17, 15) is 19.5 Å². The highest BCUT2D eigenvalue weighted by atomic mass is 16.6. The van der Waals surface area contributed by atoms with Crippen molar-refractivity contribution in [1.82, 2.24) is 9.80 Å². The Kier molecular flexibility index (Phi) is 4.52. The van der Waals surface area contributed by atoms with Gasteiger partial charge in [0.15, 0.2) is 6.61 Å². The summed E-state index contributed by atoms with van der Waals surface area (Å²) >= 11 is 0. The number of phenolic OH excluding ortho intramolecular Hbond substituents is 1. The Morgan fingerprint density at radius 2 is 1.73 bits per heavy atom. The molecule has 0 aromatic heterocycles. The number of rotatable bonds is 1. The number of aromatic hydroxyl groups is 1. The number of hydrogen-bond donors (Lipinski definition) is 1. The summed E-state index contributed by atoms with van der Waals surface area (Å²) in [4.78, 5) is 39.8. The van der Waals surface area contributed by atoms with Crippen molar-refractivity contribution < 1.29 is 29.0 Å². The van der Waals surface area contributed by atoms with Crippen molar-refractivity contribution in [3.8, 4) is 11.5 Å². The van der Waals surface area contributed by atoms with Crippen LogP contribution in [0.2, 0.25) is 0 Å². The first-order chi connectivity index (χ1) is 12.2. The quantitative estimate of drug-likeness (QED) is 0.816. The van der Waals surface area contributed by atoms with E-state index in [0.717, 1.165) is 0 Å². The van der Waals surface area contributed by atoms with Crippen LogP contribution in [-0.2, 0) is 4.74 Å². The second-order valence-corrected chi connectivity index (χ2v) is 7.31. The molecule has 1 aromatic rings. The third-order valence-electron chi connectivity index (χ3n) is 4.22. The van der Waals surface area contributed by atoms with Crippen molar-refractivity contribution in [3.63, 3.8) is 0 Å². The first-order valence-corrected chi connectivity index (χ1v) is 8.46. The highest BCUT2D eigenvalue weighted by Crippen LogP contribution is 2.36. The number of hydrogen-bond acceptors (Lipinski definition) is 6. The summed E-state index contributed by atoms with van der Waals surface area (Å²) < 4.78 is 10.6. The summed E-state index contributed by atoms with van der Waals surface area (Å²) in [6.45, 7) is 6.52. The van der Waals surface area contributed by atoms with Gasteiger partial charge in [-0.25, -0.2) is 4.79 Å². The van der Waals surface area contributed by atoms with E-state index in [1.165, 1.54) is 17.0 Å². The number of fused-ring (bicyclic) bond motifs is 1. The second kappa shape index (κ2) is 6.51. The van der Waals surface area contributed by atoms with Crippen LogP contribution in [0.4, 0.5) is 4.79 Å². The maximum Gasteiger partial charge on any atom is 0.410 e. The molecule has 0 bridgehead atoms. The first kappa shape index (κ1) is 18.0. The number of phenols is 1. The number of carbonyl (C=O) groups is 3. The van der Waals surface area contributed by atoms with E-state index in [4.69, 9.17) is 9.47 Å². The fourth-order valence-corrected chi connectivity index (χ4v) is 2.94. The van der Waals surface area contributed by atoms with Crippen molar-refractivity contribution in [2.45, 2.75) is 26.4 Å². The van der Waals surface area contributed by atoms with E-state index in [1.807, 2.05) is 0 Å². The number of piperazine rings is 1. The van der Waals surface area contributed by atoms with Crippen LogP contribution in [0.25, 0.3) is 0 Å². The van der Waals surface area contributed by atoms with E-state index in [0.29, 0.717) is 31.7 Å². The fraction of sp³-hybridized carbons (Fsp3) is 0.500. The van der Waals surface area contributed by atoms with Crippen LogP contribution in [0.3, 0.4) is 0 Å². The molecular weight excluding hydrogens is 340 g/mol. The number of nitrogens with zero attached hydrogens (tertiary/aromatic N) is 2. The lowest BCUT2D eigenvalue weighted by molar-refractivity contribution is 0.0140. The molecule has 0 spiro atoms. The van der Waals surface area contributed by atoms with Gasteiger partial charge in [-0.15, -0.1) is 0 Å². The maximum absolute atomic E-state index is 12.8. The molecule has 2 amide bonds. The highest BCUT2D eigenvalue weighted by molar-refractivity contribution is 6.09. The third-order valence-corrected chi connectivity index (χ3v) is 4.22. The smallest absolute Gasteiger partial charge is 0.410 e. The molecule has 0 saturated carbocycles. The van der Waals surface area contributed by atoms with Gasteiger partial charge in [-0.2, -0.15) is 0 Å². The average Bonchev–Trinajstić information content (AvgIpc) is 2.94. The first-order valence-electron chi connectivity index (χ1n) is 8.46. The minimum atomic E-state index is -0.579. The van der Waals surface area contributed by atoms with Gasteiger partial charge in [0.1, 0.15) is 22.7 Å². The summed E-state index contributed by atoms with van der Waals surface area (Å²) in [5.74, 6) is -0.728. The molecular formula is C18H22N2O6. The minimum Gasteiger partial charge on any atom is -0.507 e. The Bertz CT molecular complexity index is 760. The molecule has 8 heteroatoms. The fourth-order valence-electron chi connectivity index (χ4n) is 2.94. The van der Waals surface area contributed by atoms with Gasteiger partial charge < -0.3 is 24.4 Å². The van der Waals surface area contributed by atoms with Crippen molar-refractivity contribution in [1.29, 1.82) is 0 Å². The van der Waals surface area contributed by atoms with Crippen LogP contribution in [-0.4, -0.2) is 71.1 Å². The molecule has 3 rings (SSSR count). The van der Waals surface area contributed by atoms with Gasteiger partial charge >= 0.3 is 6.09 Å². The maximum atomic E-state index is 12.8. The molecule has 1 saturated heterocycles. The summed E-state index contributed by atoms with van der Waals surface area (Å²) in [5, 5.41) is 10.1. The van der Waals surface area contributed by atoms with Gasteiger partial charge in [0.2, 0.25) is 5.78 Å². The van der Waals surface area contributed by atoms with Gasteiger partial charge in [-0.05, 0) is 32.9 Å². The lowest BCUT2D eigenvalue weighted by Gasteiger charge is -2.35. The van der Waals surface area contributed by atoms with Gasteiger partial charge in [0.05, 0.1) is 5.56 Å². The van der Waals surface area contributed by atoms with Crippen molar-refractivity contribution >= 4 is 17.8 Å². The molecule has 26 heavy (non-hydrogen) atoms. The number of amides is 2. The lowest BCUT2D eigenvalue weighted by Crippen LogP contribution is -2.51. The molecule has 2 heterocycles. The SMILES string of the molecule is CC(C)(C)OC(=O)N1CCN(C(=O)c2c(O)ccc3c2OCC3=O)CC1. The lowest BCUT2D eigenvalue weighted by atomic mass is 10.0.